The average Bonchev–Trinajstić information content (AvgIpc) is 3.12. The molecule has 0 radical (unpaired) electrons. The van der Waals surface area contributed by atoms with Crippen molar-refractivity contribution in [3.63, 3.8) is 0 Å². The van der Waals surface area contributed by atoms with Crippen molar-refractivity contribution < 1.29 is 56.3 Å². The molecule has 0 aliphatic carbocycles. The average molecular weight is 982 g/mol. The summed E-state index contributed by atoms with van der Waals surface area (Å²) in [4.78, 5) is 34.7. The zero-order valence-electron chi connectivity index (χ0n) is 33.0. The summed E-state index contributed by atoms with van der Waals surface area (Å²) >= 11 is 17.9. The van der Waals surface area contributed by atoms with Gasteiger partial charge in [0, 0.05) is 14.5 Å². The van der Waals surface area contributed by atoms with E-state index < -0.39 is 35.2 Å². The Bertz CT molecular complexity index is 1990. The molecule has 58 heavy (non-hydrogen) atoms. The zero-order chi connectivity index (χ0) is 44.1. The number of benzene rings is 4. The Morgan fingerprint density at radius 2 is 1.09 bits per heavy atom. The third-order valence-corrected chi connectivity index (χ3v) is 7.71. The van der Waals surface area contributed by atoms with E-state index >= 15 is 0 Å². The van der Waals surface area contributed by atoms with E-state index in [9.17, 15) is 27.6 Å². The minimum absolute atomic E-state index is 0.0221. The van der Waals surface area contributed by atoms with Gasteiger partial charge in [0.25, 0.3) is 5.78 Å². The summed E-state index contributed by atoms with van der Waals surface area (Å²) in [5, 5.41) is 8.70. The highest BCUT2D eigenvalue weighted by Gasteiger charge is 2.21. The highest BCUT2D eigenvalue weighted by atomic mass is 79.9. The number of hydrogen-bond acceptors (Lipinski definition) is 9. The van der Waals surface area contributed by atoms with Gasteiger partial charge >= 0.3 is 11.9 Å². The quantitative estimate of drug-likeness (QED) is 0.0641. The summed E-state index contributed by atoms with van der Waals surface area (Å²) in [6.07, 6.45) is -0.196. The Kier molecular flexibility index (Phi) is 23.8. The maximum Gasteiger partial charge on any atom is 0.379 e. The molecule has 0 saturated heterocycles. The fraction of sp³-hybridized carbons (Fsp3) is 0.310. The molecule has 4 aromatic rings. The molecule has 0 heterocycles. The van der Waals surface area contributed by atoms with Crippen LogP contribution < -0.4 is 14.2 Å². The molecule has 1 N–H and O–H groups in total. The van der Waals surface area contributed by atoms with E-state index in [4.69, 9.17) is 47.3 Å². The van der Waals surface area contributed by atoms with Gasteiger partial charge in [-0.2, -0.15) is 0 Å². The molecule has 0 unspecified atom stereocenters. The number of phenols is 1. The topological polar surface area (TPSA) is 118 Å². The lowest BCUT2D eigenvalue weighted by atomic mass is 10.1. The summed E-state index contributed by atoms with van der Waals surface area (Å²) in [6.45, 7) is 14.6. The van der Waals surface area contributed by atoms with Gasteiger partial charge in [-0.25, -0.2) is 22.8 Å². The number of hydrogen-bond donors (Lipinski definition) is 1. The largest absolute Gasteiger partial charge is 0.505 e. The number of aromatic hydroxyl groups is 1. The predicted molar refractivity (Wildman–Crippen MR) is 226 cm³/mol. The van der Waals surface area contributed by atoms with E-state index in [1.807, 2.05) is 38.1 Å². The van der Waals surface area contributed by atoms with Crippen LogP contribution in [0.25, 0.3) is 5.57 Å². The molecule has 0 atom stereocenters. The van der Waals surface area contributed by atoms with Gasteiger partial charge in [0.15, 0.2) is 34.7 Å². The molecule has 0 spiro atoms. The number of carbonyl (C=O) groups excluding carboxylic acids is 3. The number of rotatable bonds is 12. The number of ketones is 1. The molecule has 4 rings (SSSR count). The molecule has 9 nitrogen and oxygen atoms in total. The molecule has 316 valence electrons. The Morgan fingerprint density at radius 1 is 0.621 bits per heavy atom. The van der Waals surface area contributed by atoms with Crippen molar-refractivity contribution in [3.05, 3.63) is 121 Å². The maximum atomic E-state index is 13.6. The standard InChI is InChI=1S/C14H15Cl2FO3.C13H15FO4.C9H11BrO.C6H4BrFO/c1-4-19-14(18)12(13(15)16)9-5-6-10(17)11(7-9)20-8(2)3;1-4-17-13(16)12(15)9-5-6-10(14)11(7-9)18-8(2)3;1-7(2)11-9-5-3-4-8(10)6-9;7-4-1-2-5(8)6(9)3-4/h5-8H,4H2,1-3H3;5-8H,4H2,1-3H3;3-7H,1-2H3;1-3,9H. The third-order valence-electron chi connectivity index (χ3n) is 6.34. The zero-order valence-corrected chi connectivity index (χ0v) is 37.7. The van der Waals surface area contributed by atoms with E-state index in [1.165, 1.54) is 48.5 Å². The van der Waals surface area contributed by atoms with Crippen LogP contribution in [0.15, 0.2) is 92.3 Å². The Balaban J connectivity index is 0.000000404. The van der Waals surface area contributed by atoms with Crippen LogP contribution in [0.3, 0.4) is 0 Å². The minimum atomic E-state index is -0.959. The predicted octanol–water partition coefficient (Wildman–Crippen LogP) is 12.2. The molecule has 0 aromatic heterocycles. The monoisotopic (exact) mass is 978 g/mol. The van der Waals surface area contributed by atoms with Crippen molar-refractivity contribution in [2.45, 2.75) is 73.7 Å². The van der Waals surface area contributed by atoms with Crippen molar-refractivity contribution in [2.75, 3.05) is 13.2 Å². The first-order valence-electron chi connectivity index (χ1n) is 17.6. The Morgan fingerprint density at radius 3 is 1.53 bits per heavy atom. The summed E-state index contributed by atoms with van der Waals surface area (Å²) in [5.41, 5.74) is 0.356. The normalized spacial score (nSPS) is 10.2. The molecule has 0 saturated carbocycles. The second-order valence-electron chi connectivity index (χ2n) is 12.2. The highest BCUT2D eigenvalue weighted by Crippen LogP contribution is 2.30. The lowest BCUT2D eigenvalue weighted by Gasteiger charge is -2.13. The number of ether oxygens (including phenoxy) is 5. The number of carbonyl (C=O) groups is 3. The van der Waals surface area contributed by atoms with Crippen LogP contribution in [0.4, 0.5) is 13.2 Å². The first-order chi connectivity index (χ1) is 27.2. The van der Waals surface area contributed by atoms with E-state index in [2.05, 4.69) is 36.6 Å². The van der Waals surface area contributed by atoms with Crippen molar-refractivity contribution in [1.29, 1.82) is 0 Å². The van der Waals surface area contributed by atoms with E-state index in [0.29, 0.717) is 10.0 Å². The molecule has 0 aliphatic heterocycles. The number of Topliss-reactive ketones (excluding diaryl/α,β-unsaturated/α-hetero) is 1. The van der Waals surface area contributed by atoms with Gasteiger partial charge in [-0.3, -0.25) is 4.79 Å². The fourth-order valence-corrected chi connectivity index (χ4v) is 5.21. The molecular weight excluding hydrogens is 936 g/mol. The first-order valence-corrected chi connectivity index (χ1v) is 20.0. The molecule has 16 heteroatoms. The van der Waals surface area contributed by atoms with Crippen LogP contribution >= 0.6 is 55.1 Å². The number of phenolic OH excluding ortho intramolecular Hbond substituents is 1. The van der Waals surface area contributed by atoms with Crippen LogP contribution in [-0.2, 0) is 19.1 Å². The van der Waals surface area contributed by atoms with Crippen molar-refractivity contribution in [1.82, 2.24) is 0 Å². The maximum absolute atomic E-state index is 13.6. The second-order valence-corrected chi connectivity index (χ2v) is 15.0. The van der Waals surface area contributed by atoms with Crippen LogP contribution in [0.5, 0.6) is 23.0 Å². The lowest BCUT2D eigenvalue weighted by molar-refractivity contribution is -0.137. The fourth-order valence-electron chi connectivity index (χ4n) is 4.11. The van der Waals surface area contributed by atoms with Crippen molar-refractivity contribution in [3.8, 4) is 23.0 Å². The van der Waals surface area contributed by atoms with Gasteiger partial charge in [0.1, 0.15) is 10.2 Å². The van der Waals surface area contributed by atoms with E-state index in [1.54, 1.807) is 41.5 Å². The second kappa shape index (κ2) is 26.7. The number of esters is 2. The smallest absolute Gasteiger partial charge is 0.379 e. The Labute approximate surface area is 363 Å². The summed E-state index contributed by atoms with van der Waals surface area (Å²) in [6, 6.07) is 19.3. The minimum Gasteiger partial charge on any atom is -0.505 e. The summed E-state index contributed by atoms with van der Waals surface area (Å²) in [5.74, 6) is -3.61. The van der Waals surface area contributed by atoms with Crippen molar-refractivity contribution in [2.24, 2.45) is 0 Å². The molecule has 0 bridgehead atoms. The van der Waals surface area contributed by atoms with Crippen LogP contribution in [-0.4, -0.2) is 54.4 Å². The molecule has 0 amide bonds. The number of halogens is 7. The summed E-state index contributed by atoms with van der Waals surface area (Å²) in [7, 11) is 0. The molecular formula is C42H45Br2Cl2F3O9. The Hall–Kier alpha value is -4.24. The molecule has 4 aromatic carbocycles. The van der Waals surface area contributed by atoms with Gasteiger partial charge < -0.3 is 28.8 Å². The summed E-state index contributed by atoms with van der Waals surface area (Å²) < 4.78 is 66.2. The van der Waals surface area contributed by atoms with Gasteiger partial charge in [-0.05, 0) is 128 Å². The molecule has 0 fully saturated rings. The van der Waals surface area contributed by atoms with E-state index in [-0.39, 0.29) is 64.4 Å². The molecule has 0 aliphatic rings. The van der Waals surface area contributed by atoms with Gasteiger partial charge in [-0.1, -0.05) is 67.2 Å². The van der Waals surface area contributed by atoms with Gasteiger partial charge in [-0.15, -0.1) is 0 Å². The van der Waals surface area contributed by atoms with Crippen molar-refractivity contribution >= 4 is 78.4 Å². The van der Waals surface area contributed by atoms with Crippen LogP contribution in [0.1, 0.15) is 71.3 Å². The third kappa shape index (κ3) is 19.5. The van der Waals surface area contributed by atoms with Crippen LogP contribution in [0.2, 0.25) is 0 Å². The van der Waals surface area contributed by atoms with Gasteiger partial charge in [0.2, 0.25) is 0 Å². The van der Waals surface area contributed by atoms with Crippen LogP contribution in [0, 0.1) is 17.5 Å². The highest BCUT2D eigenvalue weighted by molar-refractivity contribution is 9.10. The van der Waals surface area contributed by atoms with Gasteiger partial charge in [0.05, 0.1) is 37.1 Å². The van der Waals surface area contributed by atoms with E-state index in [0.717, 1.165) is 16.3 Å². The SMILES string of the molecule is CC(C)Oc1cccc(Br)c1.CCOC(=O)C(=C(Cl)Cl)c1ccc(F)c(OC(C)C)c1.CCOC(=O)C(=O)c1ccc(F)c(OC(C)C)c1.Oc1cc(Br)ccc1F. The first kappa shape index (κ1) is 51.8. The lowest BCUT2D eigenvalue weighted by Crippen LogP contribution is -2.18.